The lowest BCUT2D eigenvalue weighted by atomic mass is 10.1. The van der Waals surface area contributed by atoms with Gasteiger partial charge in [-0.05, 0) is 6.08 Å². The van der Waals surface area contributed by atoms with Crippen LogP contribution in [-0.4, -0.2) is 33.4 Å². The van der Waals surface area contributed by atoms with E-state index in [1.807, 2.05) is 0 Å². The number of carbonyl (C=O) groups is 1. The third kappa shape index (κ3) is 1.84. The Morgan fingerprint density at radius 2 is 2.22 bits per heavy atom. The van der Waals surface area contributed by atoms with Crippen LogP contribution in [0.2, 0.25) is 0 Å². The Balaban J connectivity index is 2.25. The highest BCUT2D eigenvalue weighted by Crippen LogP contribution is 2.19. The maximum absolute atomic E-state index is 11.6. The molecule has 1 aromatic heterocycles. The summed E-state index contributed by atoms with van der Waals surface area (Å²) in [6.07, 6.45) is 2.42. The van der Waals surface area contributed by atoms with Crippen molar-refractivity contribution in [3.8, 4) is 6.07 Å². The van der Waals surface area contributed by atoms with E-state index in [0.29, 0.717) is 13.1 Å². The van der Waals surface area contributed by atoms with Gasteiger partial charge in [0.15, 0.2) is 0 Å². The molecule has 7 nitrogen and oxygen atoms in total. The van der Waals surface area contributed by atoms with Gasteiger partial charge in [-0.2, -0.15) is 5.26 Å². The number of nitrogens with one attached hydrogen (secondary N) is 1. The fourth-order valence-corrected chi connectivity index (χ4v) is 1.78. The summed E-state index contributed by atoms with van der Waals surface area (Å²) >= 11 is 0. The van der Waals surface area contributed by atoms with Gasteiger partial charge in [0, 0.05) is 19.3 Å². The van der Waals surface area contributed by atoms with Crippen molar-refractivity contribution in [2.45, 2.75) is 6.04 Å². The SMILES string of the molecule is C=CC(=O)N1CC(n2cc(C#N)c(=O)[nH]c2=O)C1. The van der Waals surface area contributed by atoms with Gasteiger partial charge in [0.2, 0.25) is 5.91 Å². The van der Waals surface area contributed by atoms with Crippen LogP contribution in [0.15, 0.2) is 28.4 Å². The van der Waals surface area contributed by atoms with Gasteiger partial charge in [-0.1, -0.05) is 6.58 Å². The third-order valence-corrected chi connectivity index (χ3v) is 2.83. The molecule has 0 saturated carbocycles. The lowest BCUT2D eigenvalue weighted by Crippen LogP contribution is -2.53. The number of nitriles is 1. The molecule has 0 unspecified atom stereocenters. The minimum atomic E-state index is -0.697. The summed E-state index contributed by atoms with van der Waals surface area (Å²) in [5.41, 5.74) is -1.39. The molecule has 0 atom stereocenters. The van der Waals surface area contributed by atoms with Crippen LogP contribution in [0.4, 0.5) is 0 Å². The first-order valence-electron chi connectivity index (χ1n) is 5.23. The van der Waals surface area contributed by atoms with Crippen molar-refractivity contribution in [1.82, 2.24) is 14.5 Å². The number of rotatable bonds is 2. The lowest BCUT2D eigenvalue weighted by molar-refractivity contribution is -0.131. The second-order valence-corrected chi connectivity index (χ2v) is 3.92. The number of nitrogens with zero attached hydrogens (tertiary/aromatic N) is 3. The molecule has 1 aromatic rings. The van der Waals surface area contributed by atoms with Gasteiger partial charge in [0.05, 0.1) is 6.04 Å². The second kappa shape index (κ2) is 4.33. The molecule has 0 radical (unpaired) electrons. The Labute approximate surface area is 102 Å². The summed E-state index contributed by atoms with van der Waals surface area (Å²) in [5.74, 6) is -0.204. The van der Waals surface area contributed by atoms with Crippen molar-refractivity contribution in [2.75, 3.05) is 13.1 Å². The van der Waals surface area contributed by atoms with Gasteiger partial charge < -0.3 is 4.90 Å². The molecule has 92 valence electrons. The van der Waals surface area contributed by atoms with Crippen molar-refractivity contribution in [3.05, 3.63) is 45.3 Å². The highest BCUT2D eigenvalue weighted by molar-refractivity contribution is 5.87. The molecule has 7 heteroatoms. The monoisotopic (exact) mass is 246 g/mol. The summed E-state index contributed by atoms with van der Waals surface area (Å²) in [6, 6.07) is 1.49. The predicted molar refractivity (Wildman–Crippen MR) is 61.9 cm³/mol. The average Bonchev–Trinajstić information content (AvgIpc) is 2.29. The zero-order valence-corrected chi connectivity index (χ0v) is 9.42. The Morgan fingerprint density at radius 3 is 2.78 bits per heavy atom. The number of amides is 1. The fraction of sp³-hybridized carbons (Fsp3) is 0.273. The number of carbonyl (C=O) groups excluding carboxylic acids is 1. The number of aromatic amines is 1. The predicted octanol–water partition coefficient (Wildman–Crippen LogP) is -1.02. The van der Waals surface area contributed by atoms with Gasteiger partial charge in [-0.15, -0.1) is 0 Å². The molecule has 0 spiro atoms. The van der Waals surface area contributed by atoms with Crippen LogP contribution in [0.1, 0.15) is 11.6 Å². The highest BCUT2D eigenvalue weighted by Gasteiger charge is 2.31. The molecule has 1 N–H and O–H groups in total. The lowest BCUT2D eigenvalue weighted by Gasteiger charge is -2.39. The van der Waals surface area contributed by atoms with E-state index in [1.165, 1.54) is 21.7 Å². The number of hydrogen-bond acceptors (Lipinski definition) is 4. The number of H-pyrrole nitrogens is 1. The van der Waals surface area contributed by atoms with Crippen LogP contribution in [0, 0.1) is 11.3 Å². The van der Waals surface area contributed by atoms with Crippen molar-refractivity contribution < 1.29 is 4.79 Å². The van der Waals surface area contributed by atoms with E-state index in [9.17, 15) is 14.4 Å². The first-order valence-corrected chi connectivity index (χ1v) is 5.23. The Morgan fingerprint density at radius 1 is 1.56 bits per heavy atom. The number of hydrogen-bond donors (Lipinski definition) is 1. The van der Waals surface area contributed by atoms with Crippen LogP contribution in [0.25, 0.3) is 0 Å². The maximum atomic E-state index is 11.6. The van der Waals surface area contributed by atoms with Crippen LogP contribution in [0.5, 0.6) is 0 Å². The molecular weight excluding hydrogens is 236 g/mol. The summed E-state index contributed by atoms with van der Waals surface area (Å²) < 4.78 is 1.27. The van der Waals surface area contributed by atoms with E-state index in [2.05, 4.69) is 11.6 Å². The van der Waals surface area contributed by atoms with E-state index in [1.54, 1.807) is 6.07 Å². The first kappa shape index (κ1) is 11.9. The second-order valence-electron chi connectivity index (χ2n) is 3.92. The number of aromatic nitrogens is 2. The van der Waals surface area contributed by atoms with Gasteiger partial charge in [-0.3, -0.25) is 19.1 Å². The molecule has 1 saturated heterocycles. The molecule has 2 heterocycles. The van der Waals surface area contributed by atoms with E-state index >= 15 is 0 Å². The summed E-state index contributed by atoms with van der Waals surface area (Å²) in [4.78, 5) is 37.6. The summed E-state index contributed by atoms with van der Waals surface area (Å²) in [7, 11) is 0. The zero-order valence-electron chi connectivity index (χ0n) is 9.42. The van der Waals surface area contributed by atoms with Crippen LogP contribution < -0.4 is 11.2 Å². The van der Waals surface area contributed by atoms with Crippen molar-refractivity contribution in [2.24, 2.45) is 0 Å². The third-order valence-electron chi connectivity index (χ3n) is 2.83. The van der Waals surface area contributed by atoms with Crippen molar-refractivity contribution in [3.63, 3.8) is 0 Å². The largest absolute Gasteiger partial charge is 0.335 e. The fourth-order valence-electron chi connectivity index (χ4n) is 1.78. The molecule has 1 amide bonds. The zero-order chi connectivity index (χ0) is 13.3. The minimum Gasteiger partial charge on any atom is -0.335 e. The standard InChI is InChI=1S/C11H10N4O3/c1-2-9(16)14-5-8(6-14)15-4-7(3-12)10(17)13-11(15)18/h2,4,8H,1,5-6H2,(H,13,17,18). The van der Waals surface area contributed by atoms with E-state index in [4.69, 9.17) is 5.26 Å². The Bertz CT molecular complexity index is 658. The molecule has 0 aliphatic carbocycles. The Kier molecular flexibility index (Phi) is 2.85. The van der Waals surface area contributed by atoms with Gasteiger partial charge in [0.25, 0.3) is 5.56 Å². The molecule has 1 aliphatic rings. The van der Waals surface area contributed by atoms with E-state index < -0.39 is 11.2 Å². The topological polar surface area (TPSA) is 99.0 Å². The molecule has 2 rings (SSSR count). The van der Waals surface area contributed by atoms with Crippen LogP contribution in [0.3, 0.4) is 0 Å². The molecule has 18 heavy (non-hydrogen) atoms. The molecular formula is C11H10N4O3. The van der Waals surface area contributed by atoms with Gasteiger partial charge >= 0.3 is 5.69 Å². The molecule has 0 bridgehead atoms. The molecule has 1 aliphatic heterocycles. The minimum absolute atomic E-state index is 0.122. The highest BCUT2D eigenvalue weighted by atomic mass is 16.2. The molecule has 1 fully saturated rings. The summed E-state index contributed by atoms with van der Waals surface area (Å²) in [6.45, 7) is 4.09. The Hall–Kier alpha value is -2.62. The van der Waals surface area contributed by atoms with Crippen LogP contribution >= 0.6 is 0 Å². The number of likely N-dealkylation sites (tertiary alicyclic amines) is 1. The maximum Gasteiger partial charge on any atom is 0.328 e. The average molecular weight is 246 g/mol. The van der Waals surface area contributed by atoms with Gasteiger partial charge in [-0.25, -0.2) is 4.79 Å². The first-order chi connectivity index (χ1) is 8.56. The van der Waals surface area contributed by atoms with Crippen molar-refractivity contribution in [1.29, 1.82) is 5.26 Å². The normalized spacial score (nSPS) is 14.7. The molecule has 0 aromatic carbocycles. The van der Waals surface area contributed by atoms with E-state index in [-0.39, 0.29) is 17.5 Å². The van der Waals surface area contributed by atoms with Crippen molar-refractivity contribution >= 4 is 5.91 Å². The summed E-state index contributed by atoms with van der Waals surface area (Å²) in [5, 5.41) is 8.72. The van der Waals surface area contributed by atoms with Crippen LogP contribution in [-0.2, 0) is 4.79 Å². The quantitative estimate of drug-likeness (QED) is 0.675. The van der Waals surface area contributed by atoms with Gasteiger partial charge in [0.1, 0.15) is 11.6 Å². The smallest absolute Gasteiger partial charge is 0.328 e. The van der Waals surface area contributed by atoms with E-state index in [0.717, 1.165) is 0 Å².